The second-order valence-electron chi connectivity index (χ2n) is 28.8. The Balaban J connectivity index is 1.24. The van der Waals surface area contributed by atoms with Gasteiger partial charge in [-0.3, -0.25) is 0 Å². The average Bonchev–Trinajstić information content (AvgIpc) is 0.745. The topological polar surface area (TPSA) is 9.72 Å². The zero-order valence-electron chi connectivity index (χ0n) is 52.3. The Labute approximate surface area is 502 Å². The number of fused-ring (bicyclic) bond motifs is 4. The highest BCUT2D eigenvalue weighted by Gasteiger charge is 2.45. The smallest absolute Gasteiger partial charge is 0.252 e. The van der Waals surface area contributed by atoms with Crippen LogP contribution in [0.25, 0.3) is 33.4 Å². The van der Waals surface area contributed by atoms with E-state index in [1.807, 2.05) is 0 Å². The highest BCUT2D eigenvalue weighted by Crippen LogP contribution is 2.51. The Morgan fingerprint density at radius 3 is 1.11 bits per heavy atom. The summed E-state index contributed by atoms with van der Waals surface area (Å²) in [6.07, 6.45) is 0. The largest absolute Gasteiger partial charge is 0.311 e. The standard InChI is InChI=1S/C80H82BN3/c1-76(2,3)58-34-32-55(33-35-58)67-48-60(78(7,8)9)38-43-70(67)84-72-45-40-62(80(13,14)15)50-69(72)81-68-49-61(79(10,11)12)39-44-71(68)83(63-41-36-59(37-42-63)77(4,5)6)73-51-66(52-74(84)75(73)81)82(64-30-22-28-56(46-64)53-24-18-16-19-25-53)65-31-23-29-57(47-65)54-26-20-17-21-27-54/h16-52H,1-15H3. The van der Waals surface area contributed by atoms with Crippen molar-refractivity contribution in [1.29, 1.82) is 0 Å². The number of benzene rings is 10. The van der Waals surface area contributed by atoms with Crippen molar-refractivity contribution in [2.24, 2.45) is 0 Å². The Kier molecular flexibility index (Phi) is 13.9. The third-order valence-electron chi connectivity index (χ3n) is 17.6. The van der Waals surface area contributed by atoms with Crippen LogP contribution in [0.2, 0.25) is 0 Å². The lowest BCUT2D eigenvalue weighted by Gasteiger charge is -2.46. The number of nitrogens with zero attached hydrogens (tertiary/aromatic N) is 3. The minimum absolute atomic E-state index is 0.00882. The SMILES string of the molecule is CC(C)(C)c1ccc(-c2cc(C(C)(C)C)ccc2N2c3ccc(C(C)(C)C)cc3B3c4cc(C(C)(C)C)ccc4N(c4ccc(C(C)(C)C)cc4)c4cc(N(c5cccc(-c6ccccc6)c5)c5cccc(-c6ccccc6)c5)cc2c43)cc1. The van der Waals surface area contributed by atoms with E-state index in [9.17, 15) is 0 Å². The van der Waals surface area contributed by atoms with Crippen molar-refractivity contribution in [2.45, 2.75) is 131 Å². The van der Waals surface area contributed by atoms with Crippen LogP contribution in [-0.4, -0.2) is 6.71 Å². The van der Waals surface area contributed by atoms with Crippen LogP contribution >= 0.6 is 0 Å². The predicted molar refractivity (Wildman–Crippen MR) is 365 cm³/mol. The molecule has 0 spiro atoms. The zero-order chi connectivity index (χ0) is 59.3. The maximum Gasteiger partial charge on any atom is 0.252 e. The van der Waals surface area contributed by atoms with Gasteiger partial charge in [-0.15, -0.1) is 0 Å². The Morgan fingerprint density at radius 2 is 0.655 bits per heavy atom. The third kappa shape index (κ3) is 10.5. The first-order valence-electron chi connectivity index (χ1n) is 30.4. The molecule has 2 heterocycles. The fraction of sp³-hybridized carbons (Fsp3) is 0.250. The molecular weight excluding hydrogens is 1010 g/mol. The second kappa shape index (κ2) is 20.8. The summed E-state index contributed by atoms with van der Waals surface area (Å²) in [6.45, 7) is 34.9. The van der Waals surface area contributed by atoms with Gasteiger partial charge in [0.2, 0.25) is 0 Å². The molecule has 0 N–H and O–H groups in total. The third-order valence-corrected chi connectivity index (χ3v) is 17.6. The van der Waals surface area contributed by atoms with Gasteiger partial charge in [-0.1, -0.05) is 256 Å². The van der Waals surface area contributed by atoms with Crippen LogP contribution in [0.1, 0.15) is 132 Å². The minimum atomic E-state index is -0.101. The molecule has 0 saturated heterocycles. The molecule has 10 aromatic carbocycles. The van der Waals surface area contributed by atoms with Gasteiger partial charge in [0.1, 0.15) is 0 Å². The molecule has 0 aliphatic carbocycles. The lowest BCUT2D eigenvalue weighted by molar-refractivity contribution is 0.590. The van der Waals surface area contributed by atoms with Crippen LogP contribution in [-0.2, 0) is 27.1 Å². The molecule has 0 unspecified atom stereocenters. The molecule has 420 valence electrons. The van der Waals surface area contributed by atoms with E-state index < -0.39 is 0 Å². The Morgan fingerprint density at radius 1 is 0.274 bits per heavy atom. The second-order valence-corrected chi connectivity index (χ2v) is 28.8. The predicted octanol–water partition coefficient (Wildman–Crippen LogP) is 20.7. The van der Waals surface area contributed by atoms with Gasteiger partial charge in [0.15, 0.2) is 0 Å². The molecule has 0 bridgehead atoms. The van der Waals surface area contributed by atoms with Crippen molar-refractivity contribution in [2.75, 3.05) is 14.7 Å². The highest BCUT2D eigenvalue weighted by atomic mass is 15.2. The van der Waals surface area contributed by atoms with Gasteiger partial charge in [0, 0.05) is 45.4 Å². The number of hydrogen-bond donors (Lipinski definition) is 0. The van der Waals surface area contributed by atoms with Crippen LogP contribution in [0.15, 0.2) is 224 Å². The molecule has 4 heteroatoms. The lowest BCUT2D eigenvalue weighted by Crippen LogP contribution is -2.61. The molecule has 2 aliphatic rings. The first kappa shape index (κ1) is 56.2. The van der Waals surface area contributed by atoms with Gasteiger partial charge in [-0.25, -0.2) is 0 Å². The van der Waals surface area contributed by atoms with Crippen molar-refractivity contribution < 1.29 is 0 Å². The molecule has 2 aliphatic heterocycles. The summed E-state index contributed by atoms with van der Waals surface area (Å²) >= 11 is 0. The molecule has 3 nitrogen and oxygen atoms in total. The van der Waals surface area contributed by atoms with Gasteiger partial charge >= 0.3 is 0 Å². The van der Waals surface area contributed by atoms with Crippen LogP contribution in [0.3, 0.4) is 0 Å². The Bertz CT molecular complexity index is 4000. The van der Waals surface area contributed by atoms with Crippen LogP contribution in [0, 0.1) is 0 Å². The summed E-state index contributed by atoms with van der Waals surface area (Å²) in [5.74, 6) is 0. The van der Waals surface area contributed by atoms with Crippen LogP contribution < -0.4 is 31.1 Å². The monoisotopic (exact) mass is 1100 g/mol. The number of anilines is 9. The van der Waals surface area contributed by atoms with E-state index in [0.717, 1.165) is 50.9 Å². The molecule has 0 fully saturated rings. The maximum atomic E-state index is 2.65. The van der Waals surface area contributed by atoms with Gasteiger partial charge in [-0.05, 0) is 172 Å². The quantitative estimate of drug-likeness (QED) is 0.140. The summed E-state index contributed by atoms with van der Waals surface area (Å²) < 4.78 is 0. The van der Waals surface area contributed by atoms with E-state index in [2.05, 4.69) is 343 Å². The lowest BCUT2D eigenvalue weighted by atomic mass is 9.33. The van der Waals surface area contributed by atoms with Crippen molar-refractivity contribution in [3.8, 4) is 33.4 Å². The fourth-order valence-corrected chi connectivity index (χ4v) is 12.6. The van der Waals surface area contributed by atoms with E-state index in [1.165, 1.54) is 77.8 Å². The van der Waals surface area contributed by atoms with Crippen LogP contribution in [0.4, 0.5) is 51.2 Å². The summed E-state index contributed by atoms with van der Waals surface area (Å²) in [5.41, 5.74) is 27.5. The summed E-state index contributed by atoms with van der Waals surface area (Å²) in [4.78, 5) is 7.76. The molecule has 0 atom stereocenters. The fourth-order valence-electron chi connectivity index (χ4n) is 12.6. The molecular formula is C80H82BN3. The van der Waals surface area contributed by atoms with E-state index >= 15 is 0 Å². The maximum absolute atomic E-state index is 2.65. The van der Waals surface area contributed by atoms with Gasteiger partial charge in [0.05, 0.1) is 11.4 Å². The molecule has 0 saturated carbocycles. The van der Waals surface area contributed by atoms with E-state index in [1.54, 1.807) is 0 Å². The van der Waals surface area contributed by atoms with Gasteiger partial charge < -0.3 is 14.7 Å². The molecule has 0 amide bonds. The van der Waals surface area contributed by atoms with Gasteiger partial charge in [-0.2, -0.15) is 0 Å². The van der Waals surface area contributed by atoms with E-state index in [0.29, 0.717) is 0 Å². The first-order chi connectivity index (χ1) is 39.8. The molecule has 0 radical (unpaired) electrons. The molecule has 84 heavy (non-hydrogen) atoms. The Hall–Kier alpha value is -8.34. The molecule has 12 rings (SSSR count). The summed E-state index contributed by atoms with van der Waals surface area (Å²) in [6, 6.07) is 85.8. The first-order valence-corrected chi connectivity index (χ1v) is 30.4. The van der Waals surface area contributed by atoms with E-state index in [4.69, 9.17) is 0 Å². The summed E-state index contributed by atoms with van der Waals surface area (Å²) in [5, 5.41) is 0. The summed E-state index contributed by atoms with van der Waals surface area (Å²) in [7, 11) is 0. The van der Waals surface area contributed by atoms with Crippen molar-refractivity contribution in [3.05, 3.63) is 252 Å². The van der Waals surface area contributed by atoms with Crippen LogP contribution in [0.5, 0.6) is 0 Å². The average molecular weight is 1100 g/mol. The molecule has 0 aromatic heterocycles. The van der Waals surface area contributed by atoms with Gasteiger partial charge in [0.25, 0.3) is 6.71 Å². The minimum Gasteiger partial charge on any atom is -0.311 e. The van der Waals surface area contributed by atoms with Crippen molar-refractivity contribution in [1.82, 2.24) is 0 Å². The molecule has 10 aromatic rings. The zero-order valence-corrected chi connectivity index (χ0v) is 52.3. The highest BCUT2D eigenvalue weighted by molar-refractivity contribution is 7.00. The van der Waals surface area contributed by atoms with Crippen molar-refractivity contribution in [3.63, 3.8) is 0 Å². The van der Waals surface area contributed by atoms with E-state index in [-0.39, 0.29) is 33.8 Å². The number of rotatable bonds is 8. The van der Waals surface area contributed by atoms with Crippen molar-refractivity contribution >= 4 is 74.3 Å². The number of hydrogen-bond acceptors (Lipinski definition) is 3. The normalized spacial score (nSPS) is 13.3.